The van der Waals surface area contributed by atoms with E-state index in [1.165, 1.54) is 0 Å². The highest BCUT2D eigenvalue weighted by molar-refractivity contribution is 7.42. The Balaban J connectivity index is 2.86. The van der Waals surface area contributed by atoms with Gasteiger partial charge < -0.3 is 24.4 Å². The van der Waals surface area contributed by atoms with Crippen molar-refractivity contribution in [2.45, 2.75) is 119 Å². The van der Waals surface area contributed by atoms with Crippen LogP contribution in [0, 0.1) is 19.3 Å². The standard InChI is InChI=1S/C35H57O6P/c1-23-15-25(31(3,4)5)29(26(16-23)32(6,7)8)40-42(39-22-35(19-36,20-37)21-38)41-30-27(33(9,10)11)17-24(2)18-28(30)34(12,13)14/h15-18,36-38H,19-22H2,1-14H3. The van der Waals surface area contributed by atoms with Gasteiger partial charge in [0.2, 0.25) is 0 Å². The van der Waals surface area contributed by atoms with Gasteiger partial charge in [-0.15, -0.1) is 0 Å². The number of hydrogen-bond donors (Lipinski definition) is 3. The van der Waals surface area contributed by atoms with Crippen LogP contribution in [-0.4, -0.2) is 41.7 Å². The lowest BCUT2D eigenvalue weighted by Crippen LogP contribution is -2.38. The van der Waals surface area contributed by atoms with Crippen LogP contribution in [0.2, 0.25) is 0 Å². The number of aliphatic hydroxyl groups is 3. The Bertz CT molecular complexity index is 1040. The molecule has 0 aliphatic carbocycles. The Morgan fingerprint density at radius 2 is 0.786 bits per heavy atom. The summed E-state index contributed by atoms with van der Waals surface area (Å²) in [4.78, 5) is 0. The molecule has 2 rings (SSSR count). The van der Waals surface area contributed by atoms with Crippen LogP contribution in [0.25, 0.3) is 0 Å². The molecule has 0 fully saturated rings. The Hall–Kier alpha value is -1.69. The number of hydrogen-bond acceptors (Lipinski definition) is 6. The summed E-state index contributed by atoms with van der Waals surface area (Å²) in [6, 6.07) is 8.63. The SMILES string of the molecule is Cc1cc(C(C)(C)C)c(OP(OCC(CO)(CO)CO)Oc2c(C(C)(C)C)cc(C)cc2C(C)(C)C)c(C(C)(C)C)c1. The number of rotatable bonds is 10. The Kier molecular flexibility index (Phi) is 11.4. The van der Waals surface area contributed by atoms with E-state index in [9.17, 15) is 15.3 Å². The fourth-order valence-electron chi connectivity index (χ4n) is 4.67. The molecule has 7 heteroatoms. The summed E-state index contributed by atoms with van der Waals surface area (Å²) in [6.07, 6.45) is 0. The zero-order valence-electron chi connectivity index (χ0n) is 28.7. The lowest BCUT2D eigenvalue weighted by atomic mass is 9.78. The Morgan fingerprint density at radius 1 is 0.524 bits per heavy atom. The molecule has 2 aromatic rings. The number of aryl methyl sites for hydroxylation is 2. The summed E-state index contributed by atoms with van der Waals surface area (Å²) in [5.41, 5.74) is 4.29. The minimum Gasteiger partial charge on any atom is -0.417 e. The van der Waals surface area contributed by atoms with E-state index in [0.717, 1.165) is 44.9 Å². The minimum absolute atomic E-state index is 0.147. The molecule has 0 amide bonds. The number of aliphatic hydroxyl groups excluding tert-OH is 3. The lowest BCUT2D eigenvalue weighted by molar-refractivity contribution is -0.0274. The average Bonchev–Trinajstić information content (AvgIpc) is 2.84. The predicted octanol–water partition coefficient (Wildman–Crippen LogP) is 8.16. The third-order valence-corrected chi connectivity index (χ3v) is 8.52. The van der Waals surface area contributed by atoms with Gasteiger partial charge in [-0.25, -0.2) is 0 Å². The largest absolute Gasteiger partial charge is 0.463 e. The van der Waals surface area contributed by atoms with Gasteiger partial charge >= 0.3 is 8.60 Å². The Labute approximate surface area is 256 Å². The monoisotopic (exact) mass is 604 g/mol. The first-order chi connectivity index (χ1) is 19.0. The van der Waals surface area contributed by atoms with Crippen LogP contribution in [-0.2, 0) is 26.2 Å². The van der Waals surface area contributed by atoms with Gasteiger partial charge in [0, 0.05) is 22.3 Å². The van der Waals surface area contributed by atoms with E-state index in [1.807, 2.05) is 0 Å². The molecule has 0 saturated carbocycles. The van der Waals surface area contributed by atoms with Gasteiger partial charge in [0.1, 0.15) is 11.5 Å². The van der Waals surface area contributed by atoms with Crippen molar-refractivity contribution < 1.29 is 28.9 Å². The molecule has 0 bridgehead atoms. The van der Waals surface area contributed by atoms with E-state index in [1.54, 1.807) is 0 Å². The van der Waals surface area contributed by atoms with Gasteiger partial charge in [-0.3, -0.25) is 4.52 Å². The van der Waals surface area contributed by atoms with E-state index in [4.69, 9.17) is 13.6 Å². The molecule has 0 aliphatic rings. The summed E-state index contributed by atoms with van der Waals surface area (Å²) in [6.45, 7) is 28.6. The van der Waals surface area contributed by atoms with Crippen LogP contribution >= 0.6 is 8.60 Å². The summed E-state index contributed by atoms with van der Waals surface area (Å²) >= 11 is 0. The van der Waals surface area contributed by atoms with Crippen LogP contribution in [0.15, 0.2) is 24.3 Å². The van der Waals surface area contributed by atoms with Gasteiger partial charge in [0.15, 0.2) is 0 Å². The summed E-state index contributed by atoms with van der Waals surface area (Å²) in [5.74, 6) is 1.44. The van der Waals surface area contributed by atoms with Crippen LogP contribution in [0.4, 0.5) is 0 Å². The topological polar surface area (TPSA) is 88.4 Å². The van der Waals surface area contributed by atoms with Crippen molar-refractivity contribution in [1.82, 2.24) is 0 Å². The first-order valence-electron chi connectivity index (χ1n) is 14.9. The number of benzene rings is 2. The first kappa shape index (κ1) is 36.5. The molecular weight excluding hydrogens is 547 g/mol. The third-order valence-electron chi connectivity index (χ3n) is 7.51. The highest BCUT2D eigenvalue weighted by Gasteiger charge is 2.37. The van der Waals surface area contributed by atoms with Crippen LogP contribution in [0.3, 0.4) is 0 Å². The van der Waals surface area contributed by atoms with Crippen molar-refractivity contribution in [3.8, 4) is 11.5 Å². The Morgan fingerprint density at radius 3 is 1.00 bits per heavy atom. The van der Waals surface area contributed by atoms with Crippen molar-refractivity contribution in [2.75, 3.05) is 26.4 Å². The quantitative estimate of drug-likeness (QED) is 0.237. The average molecular weight is 605 g/mol. The summed E-state index contributed by atoms with van der Waals surface area (Å²) < 4.78 is 20.1. The first-order valence-corrected chi connectivity index (χ1v) is 16.0. The second-order valence-electron chi connectivity index (χ2n) is 16.0. The van der Waals surface area contributed by atoms with E-state index in [2.05, 4.69) is 121 Å². The molecule has 0 unspecified atom stereocenters. The molecule has 0 heterocycles. The molecule has 0 radical (unpaired) electrons. The fourth-order valence-corrected chi connectivity index (χ4v) is 5.88. The fraction of sp³-hybridized carbons (Fsp3) is 0.657. The summed E-state index contributed by atoms with van der Waals surface area (Å²) in [5, 5.41) is 30.2. The maximum Gasteiger partial charge on any atom is 0.463 e. The molecule has 0 aliphatic heterocycles. The van der Waals surface area contributed by atoms with Crippen molar-refractivity contribution in [2.24, 2.45) is 5.41 Å². The van der Waals surface area contributed by atoms with Crippen LogP contribution < -0.4 is 9.05 Å². The minimum atomic E-state index is -2.10. The third kappa shape index (κ3) is 8.92. The highest BCUT2D eigenvalue weighted by atomic mass is 31.2. The smallest absolute Gasteiger partial charge is 0.417 e. The summed E-state index contributed by atoms with van der Waals surface area (Å²) in [7, 11) is -2.10. The van der Waals surface area contributed by atoms with E-state index < -0.39 is 33.8 Å². The molecule has 238 valence electrons. The maximum absolute atomic E-state index is 10.1. The molecule has 42 heavy (non-hydrogen) atoms. The van der Waals surface area contributed by atoms with Gasteiger partial charge in [0.05, 0.1) is 31.8 Å². The van der Waals surface area contributed by atoms with Crippen molar-refractivity contribution >= 4 is 8.60 Å². The molecule has 0 atom stereocenters. The van der Waals surface area contributed by atoms with Crippen molar-refractivity contribution in [3.05, 3.63) is 57.6 Å². The second-order valence-corrected chi connectivity index (χ2v) is 17.1. The molecular formula is C35H57O6P. The van der Waals surface area contributed by atoms with Crippen LogP contribution in [0.1, 0.15) is 116 Å². The lowest BCUT2D eigenvalue weighted by Gasteiger charge is -2.34. The molecule has 0 aromatic heterocycles. The normalized spacial score (nSPS) is 13.6. The van der Waals surface area contributed by atoms with Crippen LogP contribution in [0.5, 0.6) is 11.5 Å². The molecule has 0 saturated heterocycles. The maximum atomic E-state index is 10.1. The molecule has 6 nitrogen and oxygen atoms in total. The van der Waals surface area contributed by atoms with E-state index in [0.29, 0.717) is 0 Å². The van der Waals surface area contributed by atoms with Gasteiger partial charge in [-0.1, -0.05) is 118 Å². The zero-order chi connectivity index (χ0) is 32.5. The van der Waals surface area contributed by atoms with Crippen molar-refractivity contribution in [1.29, 1.82) is 0 Å². The zero-order valence-corrected chi connectivity index (χ0v) is 29.5. The molecule has 2 aromatic carbocycles. The second kappa shape index (κ2) is 13.1. The van der Waals surface area contributed by atoms with E-state index in [-0.39, 0.29) is 28.3 Å². The van der Waals surface area contributed by atoms with Gasteiger partial charge in [-0.05, 0) is 35.5 Å². The van der Waals surface area contributed by atoms with E-state index >= 15 is 0 Å². The van der Waals surface area contributed by atoms with Gasteiger partial charge in [0.25, 0.3) is 0 Å². The van der Waals surface area contributed by atoms with Crippen molar-refractivity contribution in [3.63, 3.8) is 0 Å². The molecule has 0 spiro atoms. The highest BCUT2D eigenvalue weighted by Crippen LogP contribution is 2.52. The van der Waals surface area contributed by atoms with Gasteiger partial charge in [-0.2, -0.15) is 0 Å². The predicted molar refractivity (Wildman–Crippen MR) is 175 cm³/mol. The molecule has 3 N–H and O–H groups in total.